The molecule has 0 saturated heterocycles. The molecule has 0 amide bonds. The molecule has 4 N–H and O–H groups in total. The highest BCUT2D eigenvalue weighted by atomic mass is 19.4. The van der Waals surface area contributed by atoms with Gasteiger partial charge < -0.3 is 11.5 Å². The van der Waals surface area contributed by atoms with Crippen LogP contribution in [0.25, 0.3) is 0 Å². The average Bonchev–Trinajstić information content (AvgIpc) is 2.95. The van der Waals surface area contributed by atoms with Gasteiger partial charge >= 0.3 is 6.18 Å². The summed E-state index contributed by atoms with van der Waals surface area (Å²) in [6.07, 6.45) is -3.09. The van der Waals surface area contributed by atoms with Crippen LogP contribution in [0.5, 0.6) is 0 Å². The maximum absolute atomic E-state index is 13.4. The quantitative estimate of drug-likeness (QED) is 0.216. The highest BCUT2D eigenvalue weighted by molar-refractivity contribution is 5.45. The summed E-state index contributed by atoms with van der Waals surface area (Å²) in [5, 5.41) is 0. The van der Waals surface area contributed by atoms with Crippen molar-refractivity contribution in [3.8, 4) is 0 Å². The minimum absolute atomic E-state index is 0.185. The van der Waals surface area contributed by atoms with Gasteiger partial charge in [-0.05, 0) is 58.7 Å². The summed E-state index contributed by atoms with van der Waals surface area (Å²) >= 11 is 0. The lowest BCUT2D eigenvalue weighted by Gasteiger charge is -2.34. The zero-order valence-corrected chi connectivity index (χ0v) is 22.4. The van der Waals surface area contributed by atoms with Gasteiger partial charge in [-0.15, -0.1) is 0 Å². The summed E-state index contributed by atoms with van der Waals surface area (Å²) in [5.74, 6) is 1.05. The normalized spacial score (nSPS) is 14.4. The standard InChI is InChI=1S/C34H36F3N2/c1-23(2)27-14-9-15-28(22-27)30(20-21-31(38)24-10-5-3-6-11-24)32(33(39)26-12-7-4-8-13-26)25-16-18-29(19-17-25)34(35,36)37/h3-19,22-23,31-33H,20-21,38-39H2,1-2H3. The van der Waals surface area contributed by atoms with Crippen molar-refractivity contribution in [2.75, 3.05) is 0 Å². The van der Waals surface area contributed by atoms with E-state index in [-0.39, 0.29) is 12.0 Å². The fraction of sp³-hybridized carbons (Fsp3) is 0.265. The van der Waals surface area contributed by atoms with E-state index >= 15 is 0 Å². The smallest absolute Gasteiger partial charge is 0.324 e. The second-order valence-corrected chi connectivity index (χ2v) is 10.4. The van der Waals surface area contributed by atoms with Gasteiger partial charge in [0.05, 0.1) is 5.56 Å². The molecule has 0 spiro atoms. The van der Waals surface area contributed by atoms with Crippen LogP contribution in [0.3, 0.4) is 0 Å². The highest BCUT2D eigenvalue weighted by Crippen LogP contribution is 2.44. The van der Waals surface area contributed by atoms with Crippen LogP contribution >= 0.6 is 0 Å². The van der Waals surface area contributed by atoms with Gasteiger partial charge in [-0.1, -0.05) is 111 Å². The van der Waals surface area contributed by atoms with Gasteiger partial charge in [0.1, 0.15) is 0 Å². The molecule has 4 rings (SSSR count). The van der Waals surface area contributed by atoms with Gasteiger partial charge in [-0.2, -0.15) is 13.2 Å². The van der Waals surface area contributed by atoms with Crippen LogP contribution in [0.4, 0.5) is 13.2 Å². The van der Waals surface area contributed by atoms with Gasteiger partial charge in [0.25, 0.3) is 0 Å². The van der Waals surface area contributed by atoms with Crippen molar-refractivity contribution < 1.29 is 13.2 Å². The van der Waals surface area contributed by atoms with Crippen LogP contribution in [0.1, 0.15) is 84.0 Å². The molecular weight excluding hydrogens is 493 g/mol. The van der Waals surface area contributed by atoms with E-state index in [4.69, 9.17) is 11.5 Å². The molecule has 4 aromatic rings. The molecule has 0 fully saturated rings. The van der Waals surface area contributed by atoms with E-state index < -0.39 is 17.8 Å². The number of hydrogen-bond acceptors (Lipinski definition) is 2. The summed E-state index contributed by atoms with van der Waals surface area (Å²) in [4.78, 5) is 0. The second-order valence-electron chi connectivity index (χ2n) is 10.4. The Morgan fingerprint density at radius 3 is 1.79 bits per heavy atom. The van der Waals surface area contributed by atoms with E-state index in [0.717, 1.165) is 40.3 Å². The van der Waals surface area contributed by atoms with E-state index in [1.807, 2.05) is 66.7 Å². The number of nitrogens with two attached hydrogens (primary N) is 2. The van der Waals surface area contributed by atoms with Crippen LogP contribution in [0.15, 0.2) is 109 Å². The first-order valence-electron chi connectivity index (χ1n) is 13.4. The van der Waals surface area contributed by atoms with Crippen molar-refractivity contribution in [1.82, 2.24) is 0 Å². The number of rotatable bonds is 10. The van der Waals surface area contributed by atoms with Crippen LogP contribution in [0.2, 0.25) is 0 Å². The topological polar surface area (TPSA) is 52.0 Å². The summed E-state index contributed by atoms with van der Waals surface area (Å²) in [6, 6.07) is 32.9. The zero-order chi connectivity index (χ0) is 28.0. The van der Waals surface area contributed by atoms with Gasteiger partial charge in [-0.25, -0.2) is 0 Å². The predicted molar refractivity (Wildman–Crippen MR) is 153 cm³/mol. The third kappa shape index (κ3) is 7.17. The molecule has 0 heterocycles. The molecule has 0 aliphatic carbocycles. The SMILES string of the molecule is CC(C)c1cccc([C](CCC(N)c2ccccc2)C(c2ccc(C(F)(F)F)cc2)C(N)c2ccccc2)c1. The number of hydrogen-bond donors (Lipinski definition) is 2. The van der Waals surface area contributed by atoms with E-state index in [2.05, 4.69) is 32.0 Å². The lowest BCUT2D eigenvalue weighted by molar-refractivity contribution is -0.137. The summed E-state index contributed by atoms with van der Waals surface area (Å²) in [7, 11) is 0. The molecule has 0 bridgehead atoms. The fourth-order valence-electron chi connectivity index (χ4n) is 5.13. The van der Waals surface area contributed by atoms with Gasteiger partial charge in [-0.3, -0.25) is 0 Å². The molecule has 0 aromatic heterocycles. The van der Waals surface area contributed by atoms with E-state index in [1.54, 1.807) is 12.1 Å². The molecule has 0 saturated carbocycles. The van der Waals surface area contributed by atoms with Crippen molar-refractivity contribution in [2.24, 2.45) is 11.5 Å². The first-order valence-corrected chi connectivity index (χ1v) is 13.4. The zero-order valence-electron chi connectivity index (χ0n) is 22.4. The Morgan fingerprint density at radius 2 is 1.23 bits per heavy atom. The Balaban J connectivity index is 1.80. The third-order valence-electron chi connectivity index (χ3n) is 7.39. The Labute approximate surface area is 229 Å². The molecule has 203 valence electrons. The lowest BCUT2D eigenvalue weighted by atomic mass is 9.72. The lowest BCUT2D eigenvalue weighted by Crippen LogP contribution is -2.27. The molecule has 3 atom stereocenters. The highest BCUT2D eigenvalue weighted by Gasteiger charge is 2.34. The van der Waals surface area contributed by atoms with Crippen molar-refractivity contribution in [3.05, 3.63) is 148 Å². The Morgan fingerprint density at radius 1 is 0.667 bits per heavy atom. The maximum Gasteiger partial charge on any atom is 0.416 e. The Kier molecular flexibility index (Phi) is 9.26. The monoisotopic (exact) mass is 529 g/mol. The second kappa shape index (κ2) is 12.6. The van der Waals surface area contributed by atoms with Crippen LogP contribution in [0, 0.1) is 5.92 Å². The number of benzene rings is 4. The molecule has 3 unspecified atom stereocenters. The number of halogens is 3. The first kappa shape index (κ1) is 28.6. The fourth-order valence-corrected chi connectivity index (χ4v) is 5.13. The van der Waals surface area contributed by atoms with Crippen LogP contribution < -0.4 is 11.5 Å². The van der Waals surface area contributed by atoms with Gasteiger partial charge in [0, 0.05) is 23.9 Å². The largest absolute Gasteiger partial charge is 0.416 e. The summed E-state index contributed by atoms with van der Waals surface area (Å²) in [5.41, 5.74) is 17.9. The predicted octanol–water partition coefficient (Wildman–Crippen LogP) is 8.72. The van der Waals surface area contributed by atoms with Crippen LogP contribution in [-0.2, 0) is 6.18 Å². The molecule has 5 heteroatoms. The summed E-state index contributed by atoms with van der Waals surface area (Å²) in [6.45, 7) is 4.29. The van der Waals surface area contributed by atoms with Gasteiger partial charge in [0.2, 0.25) is 0 Å². The van der Waals surface area contributed by atoms with Crippen molar-refractivity contribution in [3.63, 3.8) is 0 Å². The van der Waals surface area contributed by atoms with Crippen molar-refractivity contribution >= 4 is 0 Å². The van der Waals surface area contributed by atoms with E-state index in [1.165, 1.54) is 5.56 Å². The Hall–Kier alpha value is -3.41. The molecule has 1 radical (unpaired) electrons. The number of alkyl halides is 3. The first-order chi connectivity index (χ1) is 18.6. The molecule has 4 aromatic carbocycles. The molecule has 2 nitrogen and oxygen atoms in total. The van der Waals surface area contributed by atoms with Gasteiger partial charge in [0.15, 0.2) is 0 Å². The van der Waals surface area contributed by atoms with E-state index in [0.29, 0.717) is 18.8 Å². The average molecular weight is 530 g/mol. The molecule has 39 heavy (non-hydrogen) atoms. The minimum Gasteiger partial charge on any atom is -0.324 e. The van der Waals surface area contributed by atoms with Crippen molar-refractivity contribution in [2.45, 2.75) is 56.8 Å². The summed E-state index contributed by atoms with van der Waals surface area (Å²) < 4.78 is 40.2. The third-order valence-corrected chi connectivity index (χ3v) is 7.39. The van der Waals surface area contributed by atoms with E-state index in [9.17, 15) is 13.2 Å². The molecular formula is C34H36F3N2. The maximum atomic E-state index is 13.4. The minimum atomic E-state index is -4.41. The molecule has 0 aliphatic rings. The van der Waals surface area contributed by atoms with Crippen LogP contribution in [-0.4, -0.2) is 0 Å². The molecule has 0 aliphatic heterocycles. The Bertz CT molecular complexity index is 1300. The van der Waals surface area contributed by atoms with Crippen molar-refractivity contribution in [1.29, 1.82) is 0 Å².